The van der Waals surface area contributed by atoms with Gasteiger partial charge in [0.25, 0.3) is 0 Å². The lowest BCUT2D eigenvalue weighted by atomic mass is 10.2. The van der Waals surface area contributed by atoms with E-state index in [2.05, 4.69) is 9.97 Å². The summed E-state index contributed by atoms with van der Waals surface area (Å²) in [4.78, 5) is 28.6. The second kappa shape index (κ2) is 7.16. The Bertz CT molecular complexity index is 926. The van der Waals surface area contributed by atoms with Gasteiger partial charge in [-0.25, -0.2) is 19.6 Å². The number of nitrogens with zero attached hydrogens (tertiary/aromatic N) is 3. The van der Waals surface area contributed by atoms with E-state index in [9.17, 15) is 9.59 Å². The number of carboxylic acid groups (broad SMARTS) is 2. The molecular formula is C14H10Cl2N4O4. The highest BCUT2D eigenvalue weighted by Gasteiger charge is 2.11. The molecule has 0 bridgehead atoms. The van der Waals surface area contributed by atoms with Gasteiger partial charge in [0.1, 0.15) is 16.9 Å². The van der Waals surface area contributed by atoms with Gasteiger partial charge < -0.3 is 20.3 Å². The molecule has 0 aromatic carbocycles. The molecule has 0 unspecified atom stereocenters. The predicted octanol–water partition coefficient (Wildman–Crippen LogP) is 2.70. The van der Waals surface area contributed by atoms with Crippen LogP contribution in [-0.2, 0) is 0 Å². The Labute approximate surface area is 145 Å². The second-order valence-corrected chi connectivity index (χ2v) is 5.30. The topological polar surface area (TPSA) is 131 Å². The van der Waals surface area contributed by atoms with Crippen LogP contribution in [-0.4, -0.2) is 36.5 Å². The number of anilines is 1. The molecule has 0 saturated carbocycles. The average molecular weight is 369 g/mol. The number of carbonyl (C=O) groups is 2. The number of hydrogen-bond acceptors (Lipinski definition) is 5. The maximum absolute atomic E-state index is 10.8. The smallest absolute Gasteiger partial charge is 0.339 e. The highest BCUT2D eigenvalue weighted by atomic mass is 35.5. The molecule has 0 saturated heterocycles. The molecule has 0 amide bonds. The zero-order valence-electron chi connectivity index (χ0n) is 11.8. The Morgan fingerprint density at radius 1 is 1.04 bits per heavy atom. The van der Waals surface area contributed by atoms with Crippen molar-refractivity contribution < 1.29 is 19.8 Å². The number of hydrogen-bond donors (Lipinski definition) is 3. The summed E-state index contributed by atoms with van der Waals surface area (Å²) in [5, 5.41) is 18.0. The van der Waals surface area contributed by atoms with Gasteiger partial charge in [0.15, 0.2) is 5.65 Å². The van der Waals surface area contributed by atoms with E-state index >= 15 is 0 Å². The Hall–Kier alpha value is -2.84. The summed E-state index contributed by atoms with van der Waals surface area (Å²) in [6.07, 6.45) is 6.07. The Morgan fingerprint density at radius 3 is 2.25 bits per heavy atom. The zero-order valence-corrected chi connectivity index (χ0v) is 13.4. The number of halogens is 2. The van der Waals surface area contributed by atoms with E-state index < -0.39 is 11.9 Å². The fourth-order valence-electron chi connectivity index (χ4n) is 1.78. The van der Waals surface area contributed by atoms with Crippen molar-refractivity contribution in [1.82, 2.24) is 14.4 Å². The molecule has 3 heterocycles. The number of nitrogen functional groups attached to an aromatic ring is 1. The molecule has 4 N–H and O–H groups in total. The van der Waals surface area contributed by atoms with Crippen LogP contribution in [0.1, 0.15) is 20.7 Å². The van der Waals surface area contributed by atoms with Crippen molar-refractivity contribution in [2.75, 3.05) is 5.73 Å². The normalized spacial score (nSPS) is 10.1. The summed E-state index contributed by atoms with van der Waals surface area (Å²) >= 11 is 11.2. The Balaban J connectivity index is 0.000000177. The first-order chi connectivity index (χ1) is 11.3. The third-order valence-corrected chi connectivity index (χ3v) is 3.21. The quantitative estimate of drug-likeness (QED) is 0.633. The number of carboxylic acids is 2. The highest BCUT2D eigenvalue weighted by Crippen LogP contribution is 2.16. The van der Waals surface area contributed by atoms with Gasteiger partial charge >= 0.3 is 11.9 Å². The van der Waals surface area contributed by atoms with Gasteiger partial charge in [0.05, 0.1) is 10.0 Å². The second-order valence-electron chi connectivity index (χ2n) is 4.43. The van der Waals surface area contributed by atoms with Crippen molar-refractivity contribution >= 4 is 46.6 Å². The molecule has 3 aromatic rings. The lowest BCUT2D eigenvalue weighted by Crippen LogP contribution is -2.03. The molecule has 10 heteroatoms. The molecule has 0 aliphatic heterocycles. The Kier molecular flexibility index (Phi) is 5.22. The van der Waals surface area contributed by atoms with E-state index in [1.54, 1.807) is 16.8 Å². The van der Waals surface area contributed by atoms with Crippen LogP contribution in [0.3, 0.4) is 0 Å². The molecule has 124 valence electrons. The number of fused-ring (bicyclic) bond motifs is 1. The fraction of sp³-hybridized carbons (Fsp3) is 0. The first-order valence-corrected chi connectivity index (χ1v) is 7.05. The maximum Gasteiger partial charge on any atom is 0.339 e. The molecule has 0 aliphatic rings. The summed E-state index contributed by atoms with van der Waals surface area (Å²) in [5.41, 5.74) is 5.68. The largest absolute Gasteiger partial charge is 0.478 e. The van der Waals surface area contributed by atoms with Gasteiger partial charge in [0.2, 0.25) is 0 Å². The molecule has 0 aliphatic carbocycles. The van der Waals surface area contributed by atoms with E-state index in [4.69, 9.17) is 39.1 Å². The molecule has 0 radical (unpaired) electrons. The van der Waals surface area contributed by atoms with Gasteiger partial charge in [-0.05, 0) is 12.1 Å². The molecule has 3 rings (SSSR count). The number of imidazole rings is 1. The number of nitrogens with two attached hydrogens (primary N) is 1. The molecule has 3 aromatic heterocycles. The van der Waals surface area contributed by atoms with E-state index in [-0.39, 0.29) is 22.0 Å². The van der Waals surface area contributed by atoms with Crippen LogP contribution in [0.15, 0.2) is 36.9 Å². The third kappa shape index (κ3) is 3.92. The minimum atomic E-state index is -1.13. The van der Waals surface area contributed by atoms with Crippen LogP contribution < -0.4 is 5.73 Å². The van der Waals surface area contributed by atoms with Crippen molar-refractivity contribution in [1.29, 1.82) is 0 Å². The lowest BCUT2D eigenvalue weighted by molar-refractivity contribution is 0.0687. The summed E-state index contributed by atoms with van der Waals surface area (Å²) in [6, 6.07) is 2.64. The summed E-state index contributed by atoms with van der Waals surface area (Å²) < 4.78 is 1.58. The standard InChI is InChI=1S/C8H5ClN2O2.C6H5ClN2O2/c9-5-3-6(8(12)13)7-10-1-2-11(7)4-5;7-3-1-4(6(10)11)5(8)9-2-3/h1-4H,(H,12,13);1-2H,(H2,8,9)(H,10,11). The maximum atomic E-state index is 10.8. The van der Waals surface area contributed by atoms with Crippen molar-refractivity contribution in [3.8, 4) is 0 Å². The van der Waals surface area contributed by atoms with E-state index in [0.717, 1.165) is 0 Å². The number of pyridine rings is 2. The number of aromatic carboxylic acids is 2. The molecule has 0 atom stereocenters. The first-order valence-electron chi connectivity index (χ1n) is 6.29. The number of rotatable bonds is 2. The predicted molar refractivity (Wildman–Crippen MR) is 87.8 cm³/mol. The summed E-state index contributed by atoms with van der Waals surface area (Å²) in [5.74, 6) is -2.18. The SMILES string of the molecule is Nc1ncc(Cl)cc1C(=O)O.O=C(O)c1cc(Cl)cn2ccnc12. The van der Waals surface area contributed by atoms with Gasteiger partial charge in [-0.3, -0.25) is 0 Å². The van der Waals surface area contributed by atoms with Gasteiger partial charge in [-0.1, -0.05) is 23.2 Å². The van der Waals surface area contributed by atoms with Gasteiger partial charge in [-0.15, -0.1) is 0 Å². The summed E-state index contributed by atoms with van der Waals surface area (Å²) in [7, 11) is 0. The molecule has 8 nitrogen and oxygen atoms in total. The molecule has 0 spiro atoms. The lowest BCUT2D eigenvalue weighted by Gasteiger charge is -1.99. The van der Waals surface area contributed by atoms with E-state index in [1.165, 1.54) is 24.5 Å². The summed E-state index contributed by atoms with van der Waals surface area (Å²) in [6.45, 7) is 0. The fourth-order valence-corrected chi connectivity index (χ4v) is 2.15. The van der Waals surface area contributed by atoms with E-state index in [1.807, 2.05) is 0 Å². The number of aromatic nitrogens is 3. The minimum Gasteiger partial charge on any atom is -0.478 e. The van der Waals surface area contributed by atoms with Crippen LogP contribution >= 0.6 is 23.2 Å². The molecular weight excluding hydrogens is 359 g/mol. The van der Waals surface area contributed by atoms with Gasteiger partial charge in [0, 0.05) is 24.8 Å². The van der Waals surface area contributed by atoms with Crippen molar-refractivity contribution in [2.45, 2.75) is 0 Å². The van der Waals surface area contributed by atoms with Gasteiger partial charge in [-0.2, -0.15) is 0 Å². The van der Waals surface area contributed by atoms with Crippen LogP contribution in [0.4, 0.5) is 5.82 Å². The van der Waals surface area contributed by atoms with Crippen molar-refractivity contribution in [3.05, 3.63) is 58.1 Å². The monoisotopic (exact) mass is 368 g/mol. The van der Waals surface area contributed by atoms with Crippen molar-refractivity contribution in [2.24, 2.45) is 0 Å². The average Bonchev–Trinajstić information content (AvgIpc) is 2.97. The van der Waals surface area contributed by atoms with E-state index in [0.29, 0.717) is 10.7 Å². The minimum absolute atomic E-state index is 0.0260. The van der Waals surface area contributed by atoms with Crippen molar-refractivity contribution in [3.63, 3.8) is 0 Å². The van der Waals surface area contributed by atoms with Crippen LogP contribution in [0.5, 0.6) is 0 Å². The Morgan fingerprint density at radius 2 is 1.67 bits per heavy atom. The van der Waals surface area contributed by atoms with Crippen LogP contribution in [0.2, 0.25) is 10.0 Å². The first kappa shape index (κ1) is 17.5. The highest BCUT2D eigenvalue weighted by molar-refractivity contribution is 6.31. The molecule has 24 heavy (non-hydrogen) atoms. The molecule has 0 fully saturated rings. The zero-order chi connectivity index (χ0) is 17.9. The van der Waals surface area contributed by atoms with Crippen LogP contribution in [0.25, 0.3) is 5.65 Å². The van der Waals surface area contributed by atoms with Crippen LogP contribution in [0, 0.1) is 0 Å². The third-order valence-electron chi connectivity index (χ3n) is 2.80.